The van der Waals surface area contributed by atoms with Crippen molar-refractivity contribution in [2.24, 2.45) is 10.2 Å². The summed E-state index contributed by atoms with van der Waals surface area (Å²) in [5, 5.41) is 7.38. The van der Waals surface area contributed by atoms with Crippen LogP contribution in [0.2, 0.25) is 0 Å². The average Bonchev–Trinajstić information content (AvgIpc) is 1.80. The molecule has 0 N–H and O–H groups in total. The van der Waals surface area contributed by atoms with Gasteiger partial charge in [0.15, 0.2) is 0 Å². The minimum absolute atomic E-state index is 0.355. The average molecular weight is 210 g/mol. The van der Waals surface area contributed by atoms with Crippen LogP contribution in [0.25, 0.3) is 0 Å². The molecule has 1 aliphatic heterocycles. The van der Waals surface area contributed by atoms with Crippen molar-refractivity contribution in [3.05, 3.63) is 10.8 Å². The van der Waals surface area contributed by atoms with Crippen molar-refractivity contribution in [3.8, 4) is 0 Å². The molecule has 1 atom stereocenters. The number of hydrogen-bond donors (Lipinski definition) is 0. The lowest BCUT2D eigenvalue weighted by Crippen LogP contribution is -2.20. The second-order valence-electron chi connectivity index (χ2n) is 1.64. The Morgan fingerprint density at radius 3 is 3.00 bits per heavy atom. The number of hydrogen-bond acceptors (Lipinski definition) is 3. The second-order valence-corrected chi connectivity index (χ2v) is 2.85. The molecule has 0 aromatic rings. The molecule has 3 nitrogen and oxygen atoms in total. The Labute approximate surface area is 66.5 Å². The summed E-state index contributed by atoms with van der Waals surface area (Å²) in [4.78, 5) is 1.75. The highest BCUT2D eigenvalue weighted by Crippen LogP contribution is 2.18. The number of nitrogens with zero attached hydrogens (tertiary/aromatic N) is 3. The molecular weight excluding hydrogens is 205 g/mol. The topological polar surface area (TPSA) is 28.0 Å². The van der Waals surface area contributed by atoms with E-state index in [1.165, 1.54) is 0 Å². The van der Waals surface area contributed by atoms with Crippen LogP contribution in [0.15, 0.2) is 21.0 Å². The van der Waals surface area contributed by atoms with Gasteiger partial charge >= 0.3 is 0 Å². The number of rotatable bonds is 0. The highest BCUT2D eigenvalue weighted by atomic mass is 79.9. The van der Waals surface area contributed by atoms with Crippen LogP contribution in [0.4, 0.5) is 0 Å². The molecule has 1 heterocycles. The van der Waals surface area contributed by atoms with Gasteiger partial charge in [-0.3, -0.25) is 0 Å². The summed E-state index contributed by atoms with van der Waals surface area (Å²) < 4.78 is 0.696. The standard InChI is InChI=1S/C4H5BrClN3/c1-9-2-3(5)7-8-4(9)6/h2,4H,1H3. The molecule has 1 rings (SSSR count). The third kappa shape index (κ3) is 1.66. The molecule has 0 amide bonds. The summed E-state index contributed by atoms with van der Waals surface area (Å²) in [5.74, 6) is 0. The van der Waals surface area contributed by atoms with Crippen LogP contribution in [-0.2, 0) is 0 Å². The van der Waals surface area contributed by atoms with Crippen molar-refractivity contribution in [3.63, 3.8) is 0 Å². The van der Waals surface area contributed by atoms with E-state index in [4.69, 9.17) is 11.6 Å². The zero-order valence-electron chi connectivity index (χ0n) is 4.75. The molecule has 0 saturated carbocycles. The van der Waals surface area contributed by atoms with E-state index in [0.29, 0.717) is 4.61 Å². The Hall–Kier alpha value is -0.0900. The largest absolute Gasteiger partial charge is 0.343 e. The van der Waals surface area contributed by atoms with Gasteiger partial charge in [0.25, 0.3) is 0 Å². The van der Waals surface area contributed by atoms with Crippen LogP contribution in [0, 0.1) is 0 Å². The van der Waals surface area contributed by atoms with E-state index in [1.807, 2.05) is 7.05 Å². The molecule has 1 aliphatic rings. The van der Waals surface area contributed by atoms with Gasteiger partial charge in [0.05, 0.1) is 0 Å². The molecule has 0 aromatic heterocycles. The molecule has 0 radical (unpaired) electrons. The monoisotopic (exact) mass is 209 g/mol. The minimum atomic E-state index is -0.355. The van der Waals surface area contributed by atoms with Gasteiger partial charge in [-0.1, -0.05) is 11.6 Å². The summed E-state index contributed by atoms with van der Waals surface area (Å²) in [6, 6.07) is 0. The van der Waals surface area contributed by atoms with Crippen molar-refractivity contribution < 1.29 is 0 Å². The van der Waals surface area contributed by atoms with Crippen molar-refractivity contribution in [2.75, 3.05) is 7.05 Å². The van der Waals surface area contributed by atoms with Crippen molar-refractivity contribution in [1.82, 2.24) is 4.90 Å². The van der Waals surface area contributed by atoms with E-state index < -0.39 is 0 Å². The lowest BCUT2D eigenvalue weighted by molar-refractivity contribution is 0.405. The summed E-state index contributed by atoms with van der Waals surface area (Å²) in [6.45, 7) is 0. The molecule has 0 fully saturated rings. The fourth-order valence-electron chi connectivity index (χ4n) is 0.440. The van der Waals surface area contributed by atoms with E-state index in [-0.39, 0.29) is 5.62 Å². The molecule has 0 aliphatic carbocycles. The van der Waals surface area contributed by atoms with E-state index in [0.717, 1.165) is 0 Å². The third-order valence-corrected chi connectivity index (χ3v) is 1.65. The molecule has 0 bridgehead atoms. The third-order valence-electron chi connectivity index (χ3n) is 0.895. The normalized spacial score (nSPS) is 26.3. The molecule has 0 aromatic carbocycles. The number of azo groups is 1. The summed E-state index contributed by atoms with van der Waals surface area (Å²) in [5.41, 5.74) is -0.355. The SMILES string of the molecule is CN1C=C(Br)N=NC1Cl. The van der Waals surface area contributed by atoms with E-state index in [1.54, 1.807) is 11.1 Å². The van der Waals surface area contributed by atoms with Crippen molar-refractivity contribution in [2.45, 2.75) is 5.62 Å². The minimum Gasteiger partial charge on any atom is -0.343 e. The first-order valence-electron chi connectivity index (χ1n) is 2.34. The number of alkyl halides is 1. The zero-order chi connectivity index (χ0) is 6.85. The predicted octanol–water partition coefficient (Wildman–Crippen LogP) is 2.10. The Kier molecular flexibility index (Phi) is 2.08. The molecule has 0 spiro atoms. The molecule has 1 unspecified atom stereocenters. The highest BCUT2D eigenvalue weighted by molar-refractivity contribution is 9.11. The van der Waals surface area contributed by atoms with Gasteiger partial charge in [-0.15, -0.1) is 10.2 Å². The smallest absolute Gasteiger partial charge is 0.217 e. The van der Waals surface area contributed by atoms with Gasteiger partial charge in [0.2, 0.25) is 5.62 Å². The lowest BCUT2D eigenvalue weighted by Gasteiger charge is -2.18. The Balaban J connectivity index is 2.70. The van der Waals surface area contributed by atoms with Gasteiger partial charge in [-0.2, -0.15) is 0 Å². The first-order valence-corrected chi connectivity index (χ1v) is 3.57. The second kappa shape index (κ2) is 2.66. The molecular formula is C4H5BrClN3. The summed E-state index contributed by atoms with van der Waals surface area (Å²) in [6.07, 6.45) is 1.77. The van der Waals surface area contributed by atoms with Crippen LogP contribution in [0.3, 0.4) is 0 Å². The maximum Gasteiger partial charge on any atom is 0.217 e. The first-order chi connectivity index (χ1) is 4.20. The Bertz CT molecular complexity index is 167. The van der Waals surface area contributed by atoms with Crippen LogP contribution in [0.1, 0.15) is 0 Å². The maximum atomic E-state index is 5.63. The predicted molar refractivity (Wildman–Crippen MR) is 39.3 cm³/mol. The lowest BCUT2D eigenvalue weighted by atomic mass is 10.7. The first kappa shape index (κ1) is 7.02. The Morgan fingerprint density at radius 2 is 2.56 bits per heavy atom. The quantitative estimate of drug-likeness (QED) is 0.444. The maximum absolute atomic E-state index is 5.63. The number of halogens is 2. The fourth-order valence-corrected chi connectivity index (χ4v) is 0.954. The molecule has 50 valence electrons. The van der Waals surface area contributed by atoms with Crippen molar-refractivity contribution in [1.29, 1.82) is 0 Å². The van der Waals surface area contributed by atoms with E-state index in [9.17, 15) is 0 Å². The molecule has 0 saturated heterocycles. The van der Waals surface area contributed by atoms with Crippen LogP contribution >= 0.6 is 27.5 Å². The van der Waals surface area contributed by atoms with Crippen LogP contribution in [0.5, 0.6) is 0 Å². The van der Waals surface area contributed by atoms with Crippen molar-refractivity contribution >= 4 is 27.5 Å². The van der Waals surface area contributed by atoms with Gasteiger partial charge in [-0.05, 0) is 15.9 Å². The van der Waals surface area contributed by atoms with E-state index >= 15 is 0 Å². The molecule has 5 heteroatoms. The highest BCUT2D eigenvalue weighted by Gasteiger charge is 2.10. The summed E-state index contributed by atoms with van der Waals surface area (Å²) in [7, 11) is 1.83. The Morgan fingerprint density at radius 1 is 1.89 bits per heavy atom. The summed E-state index contributed by atoms with van der Waals surface area (Å²) >= 11 is 8.79. The van der Waals surface area contributed by atoms with Crippen LogP contribution < -0.4 is 0 Å². The molecule has 9 heavy (non-hydrogen) atoms. The van der Waals surface area contributed by atoms with Gasteiger partial charge in [0, 0.05) is 13.2 Å². The van der Waals surface area contributed by atoms with Crippen LogP contribution in [-0.4, -0.2) is 17.6 Å². The van der Waals surface area contributed by atoms with Gasteiger partial charge in [0.1, 0.15) is 4.61 Å². The van der Waals surface area contributed by atoms with E-state index in [2.05, 4.69) is 26.2 Å². The fraction of sp³-hybridized carbons (Fsp3) is 0.500. The van der Waals surface area contributed by atoms with Gasteiger partial charge in [-0.25, -0.2) is 0 Å². The zero-order valence-corrected chi connectivity index (χ0v) is 7.09. The van der Waals surface area contributed by atoms with Gasteiger partial charge < -0.3 is 4.90 Å².